The molecule has 2 aromatic rings. The normalized spacial score (nSPS) is 11.1. The topological polar surface area (TPSA) is 63.6 Å². The predicted octanol–water partition coefficient (Wildman–Crippen LogP) is 3.83. The molecule has 0 amide bonds. The molecule has 0 aliphatic heterocycles. The maximum atomic E-state index is 12.2. The SMILES string of the molecule is COC=C(C(=O)O)c1ccccc1CSC(=O)c1ccccc1. The first-order valence-electron chi connectivity index (χ1n) is 6.90. The van der Waals surface area contributed by atoms with Gasteiger partial charge in [-0.2, -0.15) is 0 Å². The minimum absolute atomic E-state index is 0.0481. The molecule has 0 spiro atoms. The molecule has 0 fully saturated rings. The average Bonchev–Trinajstić information content (AvgIpc) is 2.58. The highest BCUT2D eigenvalue weighted by molar-refractivity contribution is 8.13. The molecule has 23 heavy (non-hydrogen) atoms. The molecule has 0 aliphatic carbocycles. The first-order chi connectivity index (χ1) is 11.1. The lowest BCUT2D eigenvalue weighted by Gasteiger charge is -2.09. The van der Waals surface area contributed by atoms with E-state index in [0.29, 0.717) is 16.9 Å². The fourth-order valence-corrected chi connectivity index (χ4v) is 2.90. The van der Waals surface area contributed by atoms with E-state index in [1.54, 1.807) is 24.3 Å². The van der Waals surface area contributed by atoms with Crippen molar-refractivity contribution in [2.75, 3.05) is 7.11 Å². The molecule has 2 aromatic carbocycles. The molecule has 0 aliphatic rings. The Kier molecular flexibility index (Phi) is 6.00. The van der Waals surface area contributed by atoms with E-state index in [-0.39, 0.29) is 10.7 Å². The summed E-state index contributed by atoms with van der Waals surface area (Å²) in [6.07, 6.45) is 1.20. The van der Waals surface area contributed by atoms with Crippen molar-refractivity contribution in [2.45, 2.75) is 5.75 Å². The molecule has 0 radical (unpaired) electrons. The van der Waals surface area contributed by atoms with Crippen LogP contribution in [0.5, 0.6) is 0 Å². The molecule has 0 saturated carbocycles. The lowest BCUT2D eigenvalue weighted by atomic mass is 10.0. The zero-order valence-corrected chi connectivity index (χ0v) is 13.4. The number of thioether (sulfide) groups is 1. The number of hydrogen-bond acceptors (Lipinski definition) is 4. The second-order valence-corrected chi connectivity index (χ2v) is 5.62. The lowest BCUT2D eigenvalue weighted by Crippen LogP contribution is -2.04. The summed E-state index contributed by atoms with van der Waals surface area (Å²) in [5, 5.41) is 9.27. The quantitative estimate of drug-likeness (QED) is 0.645. The maximum absolute atomic E-state index is 12.2. The van der Waals surface area contributed by atoms with Gasteiger partial charge in [0.1, 0.15) is 5.57 Å². The number of carboxylic acids is 1. The molecule has 0 aromatic heterocycles. The van der Waals surface area contributed by atoms with E-state index in [4.69, 9.17) is 4.74 Å². The third-order valence-electron chi connectivity index (χ3n) is 3.14. The van der Waals surface area contributed by atoms with E-state index in [0.717, 1.165) is 17.3 Å². The van der Waals surface area contributed by atoms with E-state index < -0.39 is 5.97 Å². The number of carbonyl (C=O) groups is 2. The van der Waals surface area contributed by atoms with Crippen LogP contribution in [0.4, 0.5) is 0 Å². The Morgan fingerprint density at radius 3 is 2.39 bits per heavy atom. The lowest BCUT2D eigenvalue weighted by molar-refractivity contribution is -0.130. The van der Waals surface area contributed by atoms with Gasteiger partial charge in [-0.3, -0.25) is 4.79 Å². The van der Waals surface area contributed by atoms with Crippen LogP contribution in [-0.2, 0) is 15.3 Å². The summed E-state index contributed by atoms with van der Waals surface area (Å²) in [5.41, 5.74) is 2.01. The fourth-order valence-electron chi connectivity index (χ4n) is 2.06. The van der Waals surface area contributed by atoms with E-state index in [1.165, 1.54) is 13.4 Å². The molecule has 0 bridgehead atoms. The zero-order valence-electron chi connectivity index (χ0n) is 12.6. The summed E-state index contributed by atoms with van der Waals surface area (Å²) < 4.78 is 4.85. The van der Waals surface area contributed by atoms with Crippen molar-refractivity contribution >= 4 is 28.4 Å². The number of carboxylic acid groups (broad SMARTS) is 1. The summed E-state index contributed by atoms with van der Waals surface area (Å²) in [5.74, 6) is -0.684. The molecule has 4 nitrogen and oxygen atoms in total. The van der Waals surface area contributed by atoms with Gasteiger partial charge in [0, 0.05) is 11.3 Å². The number of methoxy groups -OCH3 is 1. The molecular formula is C18H16O4S. The van der Waals surface area contributed by atoms with Crippen molar-refractivity contribution in [1.29, 1.82) is 0 Å². The van der Waals surface area contributed by atoms with Crippen LogP contribution in [0.1, 0.15) is 21.5 Å². The minimum atomic E-state index is -1.07. The van der Waals surface area contributed by atoms with E-state index >= 15 is 0 Å². The van der Waals surface area contributed by atoms with Crippen LogP contribution in [0.15, 0.2) is 60.9 Å². The van der Waals surface area contributed by atoms with Gasteiger partial charge in [0.2, 0.25) is 5.12 Å². The second-order valence-electron chi connectivity index (χ2n) is 4.67. The highest BCUT2D eigenvalue weighted by Crippen LogP contribution is 2.25. The number of rotatable bonds is 6. The Balaban J connectivity index is 2.20. The Morgan fingerprint density at radius 2 is 1.74 bits per heavy atom. The van der Waals surface area contributed by atoms with Crippen LogP contribution in [-0.4, -0.2) is 23.3 Å². The minimum Gasteiger partial charge on any atom is -0.503 e. The molecule has 5 heteroatoms. The number of carbonyl (C=O) groups excluding carboxylic acids is 1. The summed E-state index contributed by atoms with van der Waals surface area (Å²) in [4.78, 5) is 23.5. The first-order valence-corrected chi connectivity index (χ1v) is 7.88. The Bertz CT molecular complexity index is 723. The summed E-state index contributed by atoms with van der Waals surface area (Å²) in [6, 6.07) is 16.1. The maximum Gasteiger partial charge on any atom is 0.339 e. The highest BCUT2D eigenvalue weighted by Gasteiger charge is 2.16. The van der Waals surface area contributed by atoms with Gasteiger partial charge in [-0.05, 0) is 11.1 Å². The number of benzene rings is 2. The molecular weight excluding hydrogens is 312 g/mol. The summed E-state index contributed by atoms with van der Waals surface area (Å²) in [7, 11) is 1.40. The third-order valence-corrected chi connectivity index (χ3v) is 4.10. The second kappa shape index (κ2) is 8.19. The van der Waals surface area contributed by atoms with Crippen molar-refractivity contribution < 1.29 is 19.4 Å². The van der Waals surface area contributed by atoms with Gasteiger partial charge in [0.05, 0.1) is 13.4 Å². The Hall–Kier alpha value is -2.53. The van der Waals surface area contributed by atoms with Crippen molar-refractivity contribution in [3.05, 3.63) is 77.5 Å². The largest absolute Gasteiger partial charge is 0.503 e. The first kappa shape index (κ1) is 16.8. The van der Waals surface area contributed by atoms with Crippen molar-refractivity contribution in [3.8, 4) is 0 Å². The molecule has 0 saturated heterocycles. The van der Waals surface area contributed by atoms with Crippen molar-refractivity contribution in [1.82, 2.24) is 0 Å². The third kappa shape index (κ3) is 4.47. The molecule has 2 rings (SSSR count). The number of hydrogen-bond donors (Lipinski definition) is 1. The van der Waals surface area contributed by atoms with Gasteiger partial charge in [-0.25, -0.2) is 4.79 Å². The number of aliphatic carboxylic acids is 1. The molecule has 0 heterocycles. The van der Waals surface area contributed by atoms with Crippen LogP contribution in [0.3, 0.4) is 0 Å². The van der Waals surface area contributed by atoms with E-state index in [9.17, 15) is 14.7 Å². The van der Waals surface area contributed by atoms with Gasteiger partial charge >= 0.3 is 5.97 Å². The van der Waals surface area contributed by atoms with Crippen molar-refractivity contribution in [3.63, 3.8) is 0 Å². The van der Waals surface area contributed by atoms with Gasteiger partial charge in [0.25, 0.3) is 0 Å². The van der Waals surface area contributed by atoms with Crippen LogP contribution in [0, 0.1) is 0 Å². The highest BCUT2D eigenvalue weighted by atomic mass is 32.2. The summed E-state index contributed by atoms with van der Waals surface area (Å²) in [6.45, 7) is 0. The van der Waals surface area contributed by atoms with Gasteiger partial charge < -0.3 is 9.84 Å². The van der Waals surface area contributed by atoms with Crippen LogP contribution in [0.25, 0.3) is 5.57 Å². The number of ether oxygens (including phenoxy) is 1. The summed E-state index contributed by atoms with van der Waals surface area (Å²) >= 11 is 1.14. The van der Waals surface area contributed by atoms with Crippen LogP contribution in [0.2, 0.25) is 0 Å². The monoisotopic (exact) mass is 328 g/mol. The van der Waals surface area contributed by atoms with Crippen LogP contribution < -0.4 is 0 Å². The fraction of sp³-hybridized carbons (Fsp3) is 0.111. The van der Waals surface area contributed by atoms with Crippen molar-refractivity contribution in [2.24, 2.45) is 0 Å². The Morgan fingerprint density at radius 1 is 1.09 bits per heavy atom. The molecule has 0 atom stereocenters. The van der Waals surface area contributed by atoms with Gasteiger partial charge in [-0.1, -0.05) is 66.4 Å². The molecule has 118 valence electrons. The van der Waals surface area contributed by atoms with E-state index in [2.05, 4.69) is 0 Å². The van der Waals surface area contributed by atoms with Crippen LogP contribution >= 0.6 is 11.8 Å². The average molecular weight is 328 g/mol. The molecule has 1 N–H and O–H groups in total. The Labute approximate surface area is 138 Å². The smallest absolute Gasteiger partial charge is 0.339 e. The van der Waals surface area contributed by atoms with E-state index in [1.807, 2.05) is 30.3 Å². The zero-order chi connectivity index (χ0) is 16.7. The molecule has 0 unspecified atom stereocenters. The van der Waals surface area contributed by atoms with Gasteiger partial charge in [0.15, 0.2) is 0 Å². The van der Waals surface area contributed by atoms with Gasteiger partial charge in [-0.15, -0.1) is 0 Å². The predicted molar refractivity (Wildman–Crippen MR) is 91.1 cm³/mol. The standard InChI is InChI=1S/C18H16O4S/c1-22-11-16(17(19)20)15-10-6-5-9-14(15)12-23-18(21)13-7-3-2-4-8-13/h2-11H,12H2,1H3,(H,19,20).